The summed E-state index contributed by atoms with van der Waals surface area (Å²) < 4.78 is 16.6. The number of nitrogens with zero attached hydrogens (tertiary/aromatic N) is 1. The van der Waals surface area contributed by atoms with Crippen LogP contribution < -0.4 is 14.8 Å². The average molecular weight is 400 g/mol. The van der Waals surface area contributed by atoms with E-state index in [-0.39, 0.29) is 22.9 Å². The van der Waals surface area contributed by atoms with Crippen molar-refractivity contribution in [3.05, 3.63) is 57.8 Å². The quantitative estimate of drug-likeness (QED) is 0.505. The van der Waals surface area contributed by atoms with Crippen molar-refractivity contribution >= 4 is 40.0 Å². The fraction of sp³-hybridized carbons (Fsp3) is 0.211. The smallest absolute Gasteiger partial charge is 0.296 e. The summed E-state index contributed by atoms with van der Waals surface area (Å²) in [6.45, 7) is 0.645. The fourth-order valence-corrected chi connectivity index (χ4v) is 3.65. The molecule has 9 heteroatoms. The zero-order valence-corrected chi connectivity index (χ0v) is 15.7. The van der Waals surface area contributed by atoms with Gasteiger partial charge in [0.2, 0.25) is 0 Å². The number of nitrogens with one attached hydrogen (secondary N) is 1. The van der Waals surface area contributed by atoms with Crippen LogP contribution in [-0.2, 0) is 5.75 Å². The summed E-state index contributed by atoms with van der Waals surface area (Å²) in [4.78, 5) is 23.8. The maximum atomic E-state index is 12.9. The third-order valence-corrected chi connectivity index (χ3v) is 4.88. The predicted molar refractivity (Wildman–Crippen MR) is 105 cm³/mol. The minimum Gasteiger partial charge on any atom is -0.486 e. The second-order valence-electron chi connectivity index (χ2n) is 6.06. The van der Waals surface area contributed by atoms with E-state index in [1.165, 1.54) is 12.1 Å². The zero-order valence-electron chi connectivity index (χ0n) is 14.9. The molecule has 0 fully saturated rings. The van der Waals surface area contributed by atoms with E-state index >= 15 is 0 Å². The number of furan rings is 1. The first-order chi connectivity index (χ1) is 13.6. The molecule has 0 atom stereocenters. The van der Waals surface area contributed by atoms with Gasteiger partial charge in [0.1, 0.15) is 24.5 Å². The molecule has 1 aliphatic heterocycles. The molecule has 0 radical (unpaired) electrons. The van der Waals surface area contributed by atoms with E-state index in [9.17, 15) is 14.9 Å². The lowest BCUT2D eigenvalue weighted by Gasteiger charge is -2.19. The molecule has 1 aromatic heterocycles. The highest BCUT2D eigenvalue weighted by Gasteiger charge is 2.26. The Balaban J connectivity index is 1.74. The van der Waals surface area contributed by atoms with Crippen molar-refractivity contribution in [3.8, 4) is 11.5 Å². The van der Waals surface area contributed by atoms with Crippen LogP contribution in [0.15, 0.2) is 40.8 Å². The van der Waals surface area contributed by atoms with Crippen molar-refractivity contribution in [3.63, 3.8) is 0 Å². The Bertz CT molecular complexity index is 1080. The molecule has 28 heavy (non-hydrogen) atoms. The van der Waals surface area contributed by atoms with Gasteiger partial charge in [-0.1, -0.05) is 18.2 Å². The van der Waals surface area contributed by atoms with Crippen LogP contribution in [0.3, 0.4) is 0 Å². The van der Waals surface area contributed by atoms with Crippen LogP contribution in [0.1, 0.15) is 16.1 Å². The molecule has 144 valence electrons. The molecule has 0 aliphatic carbocycles. The predicted octanol–water partition coefficient (Wildman–Crippen LogP) is 4.23. The molecule has 1 aliphatic rings. The van der Waals surface area contributed by atoms with Crippen LogP contribution >= 0.6 is 11.8 Å². The number of fused-ring (bicyclic) bond motifs is 2. The molecule has 0 unspecified atom stereocenters. The van der Waals surface area contributed by atoms with E-state index in [1.807, 2.05) is 24.5 Å². The highest BCUT2D eigenvalue weighted by molar-refractivity contribution is 7.97. The van der Waals surface area contributed by atoms with E-state index in [1.54, 1.807) is 17.8 Å². The Morgan fingerprint density at radius 2 is 1.93 bits per heavy atom. The molecular formula is C19H16N2O6S. The number of hydrogen-bond acceptors (Lipinski definition) is 7. The van der Waals surface area contributed by atoms with Crippen LogP contribution in [0.5, 0.6) is 11.5 Å². The van der Waals surface area contributed by atoms with Crippen molar-refractivity contribution in [2.45, 2.75) is 5.75 Å². The van der Waals surface area contributed by atoms with Gasteiger partial charge in [-0.15, -0.1) is 0 Å². The van der Waals surface area contributed by atoms with Crippen molar-refractivity contribution in [2.75, 3.05) is 24.8 Å². The third-order valence-electron chi connectivity index (χ3n) is 4.30. The van der Waals surface area contributed by atoms with E-state index in [2.05, 4.69) is 5.32 Å². The van der Waals surface area contributed by atoms with Gasteiger partial charge in [-0.25, -0.2) is 0 Å². The molecule has 0 bridgehead atoms. The Labute approximate surface area is 163 Å². The topological polar surface area (TPSA) is 104 Å². The number of carbonyl (C=O) groups excluding carboxylic acids is 1. The summed E-state index contributed by atoms with van der Waals surface area (Å²) in [7, 11) is 0. The minimum absolute atomic E-state index is 0.0230. The number of nitro groups is 1. The summed E-state index contributed by atoms with van der Waals surface area (Å²) in [5, 5.41) is 14.9. The summed E-state index contributed by atoms with van der Waals surface area (Å²) in [6.07, 6.45) is 1.93. The molecule has 0 saturated heterocycles. The first kappa shape index (κ1) is 18.2. The second kappa shape index (κ2) is 7.43. The molecular weight excluding hydrogens is 384 g/mol. The number of benzene rings is 2. The Kier molecular flexibility index (Phi) is 4.82. The van der Waals surface area contributed by atoms with Crippen LogP contribution in [0, 0.1) is 10.1 Å². The summed E-state index contributed by atoms with van der Waals surface area (Å²) >= 11 is 1.55. The Morgan fingerprint density at radius 3 is 2.64 bits per heavy atom. The van der Waals surface area contributed by atoms with Crippen molar-refractivity contribution < 1.29 is 23.6 Å². The standard InChI is InChI=1S/C19H16N2O6S/c1-28-10-12-11-4-2-3-5-15(11)27-18(12)19(22)20-13-8-16-17(26-7-6-25-16)9-14(13)21(23)24/h2-5,8-9H,6-7,10H2,1H3,(H,20,22). The number of ether oxygens (including phenoxy) is 2. The molecule has 4 rings (SSSR count). The van der Waals surface area contributed by atoms with Gasteiger partial charge in [-0.2, -0.15) is 11.8 Å². The number of carbonyl (C=O) groups is 1. The molecule has 0 spiro atoms. The van der Waals surface area contributed by atoms with E-state index in [0.29, 0.717) is 30.3 Å². The lowest BCUT2D eigenvalue weighted by molar-refractivity contribution is -0.384. The second-order valence-corrected chi connectivity index (χ2v) is 6.93. The van der Waals surface area contributed by atoms with Gasteiger partial charge >= 0.3 is 0 Å². The normalized spacial score (nSPS) is 12.8. The summed E-state index contributed by atoms with van der Waals surface area (Å²) in [5.74, 6) is 0.784. The van der Waals surface area contributed by atoms with Gasteiger partial charge in [0, 0.05) is 22.8 Å². The van der Waals surface area contributed by atoms with Gasteiger partial charge in [-0.05, 0) is 12.3 Å². The number of anilines is 1. The molecule has 2 heterocycles. The van der Waals surface area contributed by atoms with Gasteiger partial charge in [0.15, 0.2) is 17.3 Å². The Hall–Kier alpha value is -3.20. The maximum absolute atomic E-state index is 12.9. The SMILES string of the molecule is CSCc1c(C(=O)Nc2cc3c(cc2[N+](=O)[O-])OCCO3)oc2ccccc12. The number of thioether (sulfide) groups is 1. The summed E-state index contributed by atoms with van der Waals surface area (Å²) in [5.41, 5.74) is 1.09. The Morgan fingerprint density at radius 1 is 1.21 bits per heavy atom. The number of para-hydroxylation sites is 1. The van der Waals surface area contributed by atoms with Crippen molar-refractivity contribution in [1.29, 1.82) is 0 Å². The van der Waals surface area contributed by atoms with Crippen molar-refractivity contribution in [1.82, 2.24) is 0 Å². The highest BCUT2D eigenvalue weighted by Crippen LogP contribution is 2.40. The van der Waals surface area contributed by atoms with Gasteiger partial charge in [-0.3, -0.25) is 14.9 Å². The molecule has 1 N–H and O–H groups in total. The number of rotatable bonds is 5. The van der Waals surface area contributed by atoms with Gasteiger partial charge < -0.3 is 19.2 Å². The third kappa shape index (κ3) is 3.24. The van der Waals surface area contributed by atoms with Crippen LogP contribution in [0.25, 0.3) is 11.0 Å². The first-order valence-corrected chi connectivity index (χ1v) is 9.86. The lowest BCUT2D eigenvalue weighted by Crippen LogP contribution is -2.17. The number of amides is 1. The average Bonchev–Trinajstić information content (AvgIpc) is 3.06. The van der Waals surface area contributed by atoms with Gasteiger partial charge in [0.05, 0.1) is 11.0 Å². The van der Waals surface area contributed by atoms with Crippen LogP contribution in [-0.4, -0.2) is 30.3 Å². The van der Waals surface area contributed by atoms with Gasteiger partial charge in [0.25, 0.3) is 11.6 Å². The van der Waals surface area contributed by atoms with Crippen molar-refractivity contribution in [2.24, 2.45) is 0 Å². The van der Waals surface area contributed by atoms with Crippen LogP contribution in [0.2, 0.25) is 0 Å². The fourth-order valence-electron chi connectivity index (χ4n) is 3.08. The molecule has 3 aromatic rings. The molecule has 0 saturated carbocycles. The molecule has 2 aromatic carbocycles. The molecule has 1 amide bonds. The largest absolute Gasteiger partial charge is 0.486 e. The number of hydrogen-bond donors (Lipinski definition) is 1. The lowest BCUT2D eigenvalue weighted by atomic mass is 10.1. The number of nitro benzene ring substituents is 1. The zero-order chi connectivity index (χ0) is 19.7. The minimum atomic E-state index is -0.574. The monoisotopic (exact) mass is 400 g/mol. The van der Waals surface area contributed by atoms with E-state index in [0.717, 1.165) is 10.9 Å². The van der Waals surface area contributed by atoms with Crippen LogP contribution in [0.4, 0.5) is 11.4 Å². The first-order valence-electron chi connectivity index (χ1n) is 8.47. The van der Waals surface area contributed by atoms with E-state index in [4.69, 9.17) is 13.9 Å². The van der Waals surface area contributed by atoms with E-state index < -0.39 is 10.8 Å². The molecule has 8 nitrogen and oxygen atoms in total. The maximum Gasteiger partial charge on any atom is 0.296 e. The summed E-state index contributed by atoms with van der Waals surface area (Å²) in [6, 6.07) is 10.0. The highest BCUT2D eigenvalue weighted by atomic mass is 32.2.